The van der Waals surface area contributed by atoms with Crippen LogP contribution in [0.4, 0.5) is 35.1 Å². The molecule has 2 heterocycles. The van der Waals surface area contributed by atoms with E-state index in [2.05, 4.69) is 20.3 Å². The van der Waals surface area contributed by atoms with E-state index in [1.807, 2.05) is 0 Å². The molecular formula is C22H16F4N8O. The maximum Gasteiger partial charge on any atom is 0.391 e. The predicted octanol–water partition coefficient (Wildman–Crippen LogP) is 3.46. The van der Waals surface area contributed by atoms with E-state index in [4.69, 9.17) is 11.5 Å². The van der Waals surface area contributed by atoms with E-state index in [-0.39, 0.29) is 45.6 Å². The Hall–Kier alpha value is -4.73. The van der Waals surface area contributed by atoms with Crippen molar-refractivity contribution in [2.45, 2.75) is 18.6 Å². The minimum absolute atomic E-state index is 0.0187. The number of alkyl halides is 3. The lowest BCUT2D eigenvalue weighted by Crippen LogP contribution is -2.31. The Kier molecular flexibility index (Phi) is 5.96. The number of anilines is 3. The molecule has 5 N–H and O–H groups in total. The van der Waals surface area contributed by atoms with Crippen molar-refractivity contribution in [2.75, 3.05) is 16.8 Å². The molecule has 0 aliphatic carbocycles. The second-order valence-corrected chi connectivity index (χ2v) is 7.43. The first kappa shape index (κ1) is 23.4. The van der Waals surface area contributed by atoms with E-state index in [1.165, 1.54) is 18.2 Å². The van der Waals surface area contributed by atoms with E-state index >= 15 is 0 Å². The van der Waals surface area contributed by atoms with E-state index < -0.39 is 30.0 Å². The second-order valence-electron chi connectivity index (χ2n) is 7.43. The Morgan fingerprint density at radius 1 is 1.09 bits per heavy atom. The molecular weight excluding hydrogens is 468 g/mol. The lowest BCUT2D eigenvalue weighted by Gasteiger charge is -2.24. The second kappa shape index (κ2) is 8.90. The van der Waals surface area contributed by atoms with Crippen LogP contribution in [-0.2, 0) is 0 Å². The lowest BCUT2D eigenvalue weighted by atomic mass is 10.1. The minimum Gasteiger partial charge on any atom is -0.382 e. The first-order chi connectivity index (χ1) is 16.6. The number of rotatable bonds is 5. The highest BCUT2D eigenvalue weighted by molar-refractivity contribution is 5.78. The number of nitrogens with one attached hydrogen (secondary N) is 1. The molecule has 13 heteroatoms. The normalized spacial score (nSPS) is 12.3. The summed E-state index contributed by atoms with van der Waals surface area (Å²) in [5.74, 6) is -2.13. The number of aromatic nitrogens is 4. The van der Waals surface area contributed by atoms with E-state index in [1.54, 1.807) is 24.3 Å². The average Bonchev–Trinajstić information content (AvgIpc) is 2.78. The number of hydrogen-bond donors (Lipinski definition) is 3. The van der Waals surface area contributed by atoms with Gasteiger partial charge in [0.1, 0.15) is 29.1 Å². The quantitative estimate of drug-likeness (QED) is 0.365. The number of nitrogens with two attached hydrogens (primary N) is 2. The van der Waals surface area contributed by atoms with Crippen molar-refractivity contribution in [3.8, 4) is 11.8 Å². The minimum atomic E-state index is -4.73. The summed E-state index contributed by atoms with van der Waals surface area (Å²) in [6, 6.07) is 11.0. The molecule has 0 bridgehead atoms. The Morgan fingerprint density at radius 2 is 1.80 bits per heavy atom. The Balaban J connectivity index is 2.01. The molecule has 1 atom stereocenters. The first-order valence-electron chi connectivity index (χ1n) is 10.0. The van der Waals surface area contributed by atoms with E-state index in [0.717, 1.165) is 16.7 Å². The van der Waals surface area contributed by atoms with Crippen molar-refractivity contribution in [1.82, 2.24) is 19.5 Å². The van der Waals surface area contributed by atoms with Crippen LogP contribution in [0.5, 0.6) is 0 Å². The van der Waals surface area contributed by atoms with E-state index in [9.17, 15) is 27.6 Å². The zero-order chi connectivity index (χ0) is 25.3. The summed E-state index contributed by atoms with van der Waals surface area (Å²) in [6.45, 7) is 0. The van der Waals surface area contributed by atoms with Gasteiger partial charge < -0.3 is 16.8 Å². The lowest BCUT2D eigenvalue weighted by molar-refractivity contribution is -0.137. The van der Waals surface area contributed by atoms with Crippen LogP contribution >= 0.6 is 0 Å². The summed E-state index contributed by atoms with van der Waals surface area (Å²) in [4.78, 5) is 25.1. The predicted molar refractivity (Wildman–Crippen MR) is 120 cm³/mol. The third kappa shape index (κ3) is 4.81. The van der Waals surface area contributed by atoms with Gasteiger partial charge in [-0.3, -0.25) is 9.36 Å². The van der Waals surface area contributed by atoms with Gasteiger partial charge >= 0.3 is 6.18 Å². The largest absolute Gasteiger partial charge is 0.391 e. The Morgan fingerprint density at radius 3 is 2.46 bits per heavy atom. The van der Waals surface area contributed by atoms with Gasteiger partial charge in [-0.25, -0.2) is 9.37 Å². The summed E-state index contributed by atoms with van der Waals surface area (Å²) in [6.07, 6.45) is -6.24. The van der Waals surface area contributed by atoms with Gasteiger partial charge in [-0.1, -0.05) is 18.2 Å². The van der Waals surface area contributed by atoms with Crippen LogP contribution in [-0.4, -0.2) is 25.7 Å². The van der Waals surface area contributed by atoms with Crippen molar-refractivity contribution in [2.24, 2.45) is 0 Å². The topological polar surface area (TPSA) is 149 Å². The summed E-state index contributed by atoms with van der Waals surface area (Å²) < 4.78 is 55.9. The molecule has 0 aliphatic rings. The number of halogens is 4. The summed E-state index contributed by atoms with van der Waals surface area (Å²) >= 11 is 0. The monoisotopic (exact) mass is 484 g/mol. The van der Waals surface area contributed by atoms with Crippen molar-refractivity contribution in [1.29, 1.82) is 5.26 Å². The smallest absolute Gasteiger partial charge is 0.382 e. The Bertz CT molecular complexity index is 1510. The fraction of sp³-hybridized carbons (Fsp3) is 0.136. The first-order valence-corrected chi connectivity index (χ1v) is 10.0. The average molecular weight is 484 g/mol. The maximum atomic E-state index is 13.9. The van der Waals surface area contributed by atoms with Crippen LogP contribution in [0.15, 0.2) is 53.3 Å². The molecule has 0 amide bonds. The molecule has 0 spiro atoms. The van der Waals surface area contributed by atoms with Crippen molar-refractivity contribution >= 4 is 28.5 Å². The summed E-state index contributed by atoms with van der Waals surface area (Å²) in [5.41, 5.74) is 10.3. The van der Waals surface area contributed by atoms with Crippen molar-refractivity contribution in [3.05, 3.63) is 76.1 Å². The molecule has 2 aromatic heterocycles. The standard InChI is InChI=1S/C22H16F4N8O/c23-11-6-7-15-13(8-11)20(35)34(12-4-2-1-3-5-12)19(31-15)16(9-22(24,25)26)30-18-14(10-27)17(28)32-21(29)33-18/h1-8,16H,9H2,(H5,28,29,30,32,33)/t16-/m0/s1. The molecule has 4 aromatic rings. The third-order valence-corrected chi connectivity index (χ3v) is 4.99. The SMILES string of the molecule is N#Cc1c(N)nc(N)nc1N[C@@H](CC(F)(F)F)c1nc2ccc(F)cc2c(=O)n1-c1ccccc1. The number of benzene rings is 2. The zero-order valence-electron chi connectivity index (χ0n) is 17.7. The van der Waals surface area contributed by atoms with Gasteiger partial charge in [-0.2, -0.15) is 28.4 Å². The van der Waals surface area contributed by atoms with Crippen LogP contribution in [0.1, 0.15) is 23.9 Å². The van der Waals surface area contributed by atoms with Crippen LogP contribution in [0.25, 0.3) is 16.6 Å². The van der Waals surface area contributed by atoms with Crippen LogP contribution in [0.2, 0.25) is 0 Å². The highest BCUT2D eigenvalue weighted by Gasteiger charge is 2.36. The van der Waals surface area contributed by atoms with E-state index in [0.29, 0.717) is 0 Å². The van der Waals surface area contributed by atoms with Crippen molar-refractivity contribution in [3.63, 3.8) is 0 Å². The number of hydrogen-bond acceptors (Lipinski definition) is 8. The van der Waals surface area contributed by atoms with Gasteiger partial charge in [-0.05, 0) is 30.3 Å². The highest BCUT2D eigenvalue weighted by Crippen LogP contribution is 2.33. The van der Waals surface area contributed by atoms with Gasteiger partial charge in [0.25, 0.3) is 5.56 Å². The van der Waals surface area contributed by atoms with Gasteiger partial charge in [0.2, 0.25) is 5.95 Å². The van der Waals surface area contributed by atoms with Crippen LogP contribution in [0.3, 0.4) is 0 Å². The van der Waals surface area contributed by atoms with Gasteiger partial charge in [-0.15, -0.1) is 0 Å². The number of para-hydroxylation sites is 1. The number of fused-ring (bicyclic) bond motifs is 1. The molecule has 4 rings (SSSR count). The third-order valence-electron chi connectivity index (χ3n) is 4.99. The fourth-order valence-corrected chi connectivity index (χ4v) is 3.55. The molecule has 178 valence electrons. The number of nitrogens with zero attached hydrogens (tertiary/aromatic N) is 5. The number of nitrogen functional groups attached to an aromatic ring is 2. The molecule has 0 unspecified atom stereocenters. The fourth-order valence-electron chi connectivity index (χ4n) is 3.55. The Labute approximate surface area is 194 Å². The highest BCUT2D eigenvalue weighted by atomic mass is 19.4. The van der Waals surface area contributed by atoms with Crippen molar-refractivity contribution < 1.29 is 17.6 Å². The number of nitriles is 1. The van der Waals surface area contributed by atoms with Gasteiger partial charge in [0, 0.05) is 0 Å². The van der Waals surface area contributed by atoms with Gasteiger partial charge in [0.15, 0.2) is 5.82 Å². The molecule has 35 heavy (non-hydrogen) atoms. The van der Waals surface area contributed by atoms with Crippen LogP contribution < -0.4 is 22.3 Å². The molecule has 9 nitrogen and oxygen atoms in total. The summed E-state index contributed by atoms with van der Waals surface area (Å²) in [5, 5.41) is 11.8. The molecule has 0 aliphatic heterocycles. The summed E-state index contributed by atoms with van der Waals surface area (Å²) in [7, 11) is 0. The van der Waals surface area contributed by atoms with Crippen LogP contribution in [0, 0.1) is 17.1 Å². The van der Waals surface area contributed by atoms with Gasteiger partial charge in [0.05, 0.1) is 29.1 Å². The molecule has 0 fully saturated rings. The zero-order valence-corrected chi connectivity index (χ0v) is 17.7. The maximum absolute atomic E-state index is 13.9. The molecule has 0 radical (unpaired) electrons. The molecule has 0 saturated heterocycles. The molecule has 2 aromatic carbocycles. The molecule has 0 saturated carbocycles.